The summed E-state index contributed by atoms with van der Waals surface area (Å²) in [6.45, 7) is 9.19. The molecule has 43 heavy (non-hydrogen) atoms. The molecular weight excluding hydrogens is 576 g/mol. The van der Waals surface area contributed by atoms with Gasteiger partial charge in [-0.05, 0) is 58.2 Å². The Balaban J connectivity index is 1.51. The highest BCUT2D eigenvalue weighted by Crippen LogP contribution is 2.33. The molecule has 1 aromatic carbocycles. The smallest absolute Gasteiger partial charge is 0.436 e. The summed E-state index contributed by atoms with van der Waals surface area (Å²) in [5.41, 5.74) is 2.31. The number of hydrogen-bond acceptors (Lipinski definition) is 10. The van der Waals surface area contributed by atoms with Gasteiger partial charge in [0.25, 0.3) is 11.8 Å². The van der Waals surface area contributed by atoms with Gasteiger partial charge in [0, 0.05) is 38.4 Å². The van der Waals surface area contributed by atoms with E-state index < -0.39 is 23.9 Å². The molecule has 0 unspecified atom stereocenters. The van der Waals surface area contributed by atoms with Gasteiger partial charge in [0.05, 0.1) is 28.9 Å². The maximum absolute atomic E-state index is 13.7. The van der Waals surface area contributed by atoms with Gasteiger partial charge >= 0.3 is 12.1 Å². The number of thiophene rings is 1. The van der Waals surface area contributed by atoms with E-state index in [9.17, 15) is 24.3 Å². The molecule has 4 aromatic rings. The Bertz CT molecular complexity index is 1720. The summed E-state index contributed by atoms with van der Waals surface area (Å²) in [5, 5.41) is 23.9. The van der Waals surface area contributed by atoms with E-state index in [1.165, 1.54) is 6.07 Å². The predicted octanol–water partition coefficient (Wildman–Crippen LogP) is 3.58. The number of rotatable bonds is 8. The van der Waals surface area contributed by atoms with Crippen LogP contribution in [0.1, 0.15) is 50.1 Å². The number of hydrogen-bond donors (Lipinski definition) is 3. The van der Waals surface area contributed by atoms with Crippen LogP contribution in [0.2, 0.25) is 0 Å². The molecule has 226 valence electrons. The number of ether oxygens (including phenoxy) is 1. The number of amides is 2. The third kappa shape index (κ3) is 6.08. The molecule has 0 bridgehead atoms. The van der Waals surface area contributed by atoms with E-state index in [0.29, 0.717) is 17.9 Å². The molecule has 0 saturated carbocycles. The van der Waals surface area contributed by atoms with Gasteiger partial charge in [0.15, 0.2) is 5.82 Å². The number of aromatic carboxylic acids is 1. The van der Waals surface area contributed by atoms with Crippen molar-refractivity contribution in [3.05, 3.63) is 52.2 Å². The zero-order valence-electron chi connectivity index (χ0n) is 24.2. The maximum Gasteiger partial charge on any atom is 0.436 e. The topological polar surface area (TPSA) is 164 Å². The number of carboxylic acid groups (broad SMARTS) is 1. The second-order valence-corrected chi connectivity index (χ2v) is 11.0. The van der Waals surface area contributed by atoms with E-state index in [1.54, 1.807) is 36.7 Å². The second kappa shape index (κ2) is 12.2. The fraction of sp³-hybridized carbons (Fsp3) is 0.357. The number of piperazine rings is 1. The summed E-state index contributed by atoms with van der Waals surface area (Å²) < 4.78 is 7.57. The van der Waals surface area contributed by atoms with Crippen LogP contribution in [0, 0.1) is 6.92 Å². The number of likely N-dealkylation sites (N-methyl/N-ethyl adjacent to an activating group) is 1. The third-order valence-electron chi connectivity index (χ3n) is 7.04. The quantitative estimate of drug-likeness (QED) is 0.269. The lowest BCUT2D eigenvalue weighted by atomic mass is 10.1. The number of benzene rings is 1. The van der Waals surface area contributed by atoms with Crippen LogP contribution in [0.3, 0.4) is 0 Å². The molecule has 2 amide bonds. The Labute approximate surface area is 250 Å². The molecule has 15 heteroatoms. The first kappa shape index (κ1) is 29.7. The van der Waals surface area contributed by atoms with Crippen molar-refractivity contribution in [3.63, 3.8) is 0 Å². The number of carbonyl (C=O) groups excluding carboxylic acids is 3. The Morgan fingerprint density at radius 1 is 1.00 bits per heavy atom. The highest BCUT2D eigenvalue weighted by Gasteiger charge is 2.25. The molecule has 1 aliphatic heterocycles. The molecule has 3 aromatic heterocycles. The minimum atomic E-state index is -1.18. The number of carboxylic acids is 1. The second-order valence-electron chi connectivity index (χ2n) is 10.0. The van der Waals surface area contributed by atoms with Gasteiger partial charge in [-0.25, -0.2) is 9.59 Å². The molecule has 14 nitrogen and oxygen atoms in total. The van der Waals surface area contributed by atoms with Crippen molar-refractivity contribution in [2.24, 2.45) is 0 Å². The molecule has 5 rings (SSSR count). The molecule has 0 aliphatic carbocycles. The molecule has 0 radical (unpaired) electrons. The summed E-state index contributed by atoms with van der Waals surface area (Å²) in [6, 6.07) is 8.22. The Hall–Kier alpha value is -4.76. The van der Waals surface area contributed by atoms with Crippen molar-refractivity contribution in [1.29, 1.82) is 0 Å². The number of aryl methyl sites for hydroxylation is 2. The zero-order chi connectivity index (χ0) is 30.8. The first-order chi connectivity index (χ1) is 20.6. The summed E-state index contributed by atoms with van der Waals surface area (Å²) in [7, 11) is 2.06. The number of nitrogens with one attached hydrogen (secondary N) is 2. The molecule has 1 fully saturated rings. The molecule has 4 heterocycles. The van der Waals surface area contributed by atoms with E-state index in [1.807, 2.05) is 13.0 Å². The average Bonchev–Trinajstić information content (AvgIpc) is 3.67. The van der Waals surface area contributed by atoms with Crippen LogP contribution in [-0.4, -0.2) is 93.3 Å². The van der Waals surface area contributed by atoms with E-state index in [2.05, 4.69) is 37.7 Å². The van der Waals surface area contributed by atoms with Gasteiger partial charge < -0.3 is 30.3 Å². The van der Waals surface area contributed by atoms with Crippen LogP contribution in [0.25, 0.3) is 10.2 Å². The predicted molar refractivity (Wildman–Crippen MR) is 162 cm³/mol. The number of aromatic nitrogens is 4. The van der Waals surface area contributed by atoms with E-state index in [4.69, 9.17) is 4.74 Å². The molecule has 1 aliphatic rings. The van der Waals surface area contributed by atoms with Crippen LogP contribution in [0.15, 0.2) is 30.3 Å². The van der Waals surface area contributed by atoms with Crippen molar-refractivity contribution in [3.8, 4) is 0 Å². The molecule has 1 saturated heterocycles. The fourth-order valence-corrected chi connectivity index (χ4v) is 5.78. The Morgan fingerprint density at radius 3 is 2.42 bits per heavy atom. The van der Waals surface area contributed by atoms with Crippen LogP contribution >= 0.6 is 11.3 Å². The number of carbonyl (C=O) groups is 4. The molecular formula is C28H32N8O6S. The van der Waals surface area contributed by atoms with Crippen molar-refractivity contribution in [2.75, 3.05) is 55.4 Å². The van der Waals surface area contributed by atoms with E-state index in [0.717, 1.165) is 47.9 Å². The maximum atomic E-state index is 13.7. The van der Waals surface area contributed by atoms with Crippen LogP contribution < -0.4 is 15.5 Å². The third-order valence-corrected chi connectivity index (χ3v) is 8.14. The normalized spacial score (nSPS) is 13.7. The van der Waals surface area contributed by atoms with E-state index >= 15 is 0 Å². The van der Waals surface area contributed by atoms with Gasteiger partial charge in [-0.3, -0.25) is 14.3 Å². The highest BCUT2D eigenvalue weighted by molar-refractivity contribution is 7.20. The van der Waals surface area contributed by atoms with Crippen LogP contribution in [0.5, 0.6) is 0 Å². The largest absolute Gasteiger partial charge is 0.477 e. The number of nitrogens with zero attached hydrogens (tertiary/aromatic N) is 6. The summed E-state index contributed by atoms with van der Waals surface area (Å²) in [4.78, 5) is 55.9. The average molecular weight is 609 g/mol. The van der Waals surface area contributed by atoms with Crippen LogP contribution in [-0.2, 0) is 11.3 Å². The standard InChI is InChI=1S/C28H32N8O6S/c1-5-35-21(13-16(3)31-35)25(38)29-20-14-17(34-11-9-33(4)10-12-34)7-8-18(20)24(37)30-23-19-15-22(27(39)40)43-26(19)36(32-23)28(41)42-6-2/h7-8,13-15H,5-6,9-12H2,1-4H3,(H,29,38)(H,39,40)(H,30,32,37). The lowest BCUT2D eigenvalue weighted by Crippen LogP contribution is -2.44. The summed E-state index contributed by atoms with van der Waals surface area (Å²) >= 11 is 0.837. The first-order valence-corrected chi connectivity index (χ1v) is 14.6. The van der Waals surface area contributed by atoms with Gasteiger partial charge in [-0.15, -0.1) is 16.4 Å². The van der Waals surface area contributed by atoms with Crippen LogP contribution in [0.4, 0.5) is 22.0 Å². The summed E-state index contributed by atoms with van der Waals surface area (Å²) in [6.07, 6.45) is -0.806. The van der Waals surface area contributed by atoms with Gasteiger partial charge in [0.2, 0.25) is 0 Å². The first-order valence-electron chi connectivity index (χ1n) is 13.8. The van der Waals surface area contributed by atoms with Gasteiger partial charge in [-0.2, -0.15) is 9.78 Å². The Morgan fingerprint density at radius 2 is 1.74 bits per heavy atom. The molecule has 0 atom stereocenters. The van der Waals surface area contributed by atoms with Crippen molar-refractivity contribution < 1.29 is 29.0 Å². The van der Waals surface area contributed by atoms with Gasteiger partial charge in [-0.1, -0.05) is 0 Å². The fourth-order valence-electron chi connectivity index (χ4n) is 4.84. The highest BCUT2D eigenvalue weighted by atomic mass is 32.1. The zero-order valence-corrected chi connectivity index (χ0v) is 25.0. The number of anilines is 3. The van der Waals surface area contributed by atoms with Crippen molar-refractivity contribution >= 4 is 62.6 Å². The number of fused-ring (bicyclic) bond motifs is 1. The van der Waals surface area contributed by atoms with E-state index in [-0.39, 0.29) is 38.8 Å². The SMILES string of the molecule is CCOC(=O)n1nc(NC(=O)c2ccc(N3CCN(C)CC3)cc2NC(=O)c2cc(C)nn2CC)c2cc(C(=O)O)sc21. The van der Waals surface area contributed by atoms with Gasteiger partial charge in [0.1, 0.15) is 15.4 Å². The van der Waals surface area contributed by atoms with Crippen molar-refractivity contribution in [1.82, 2.24) is 24.5 Å². The Kier molecular flexibility index (Phi) is 8.45. The lowest BCUT2D eigenvalue weighted by Gasteiger charge is -2.34. The molecule has 3 N–H and O–H groups in total. The summed E-state index contributed by atoms with van der Waals surface area (Å²) in [5.74, 6) is -2.24. The molecule has 0 spiro atoms. The lowest BCUT2D eigenvalue weighted by molar-refractivity contribution is 0.0701. The van der Waals surface area contributed by atoms with Crippen molar-refractivity contribution in [2.45, 2.75) is 27.3 Å². The minimum absolute atomic E-state index is 0.0168. The monoisotopic (exact) mass is 608 g/mol. The minimum Gasteiger partial charge on any atom is -0.477 e.